The van der Waals surface area contributed by atoms with Gasteiger partial charge in [0.1, 0.15) is 0 Å². The first kappa shape index (κ1) is 15.9. The van der Waals surface area contributed by atoms with Gasteiger partial charge in [-0.2, -0.15) is 0 Å². The highest BCUT2D eigenvalue weighted by Crippen LogP contribution is 2.30. The highest BCUT2D eigenvalue weighted by Gasteiger charge is 2.24. The molecule has 0 aromatic heterocycles. The van der Waals surface area contributed by atoms with Crippen molar-refractivity contribution in [1.82, 2.24) is 5.32 Å². The normalized spacial score (nSPS) is 17.4. The van der Waals surface area contributed by atoms with E-state index in [4.69, 9.17) is 11.6 Å². The fourth-order valence-corrected chi connectivity index (χ4v) is 3.60. The molecule has 1 aliphatic heterocycles. The molecule has 1 amide bonds. The number of amidine groups is 1. The van der Waals surface area contributed by atoms with Crippen LogP contribution in [0.25, 0.3) is 16.8 Å². The van der Waals surface area contributed by atoms with Crippen LogP contribution < -0.4 is 5.32 Å². The van der Waals surface area contributed by atoms with Gasteiger partial charge >= 0.3 is 0 Å². The summed E-state index contributed by atoms with van der Waals surface area (Å²) in [6.45, 7) is 0. The molecule has 4 rings (SSSR count). The molecule has 1 heterocycles. The van der Waals surface area contributed by atoms with Crippen molar-refractivity contribution in [3.8, 4) is 0 Å². The SMILES string of the molecule is O=C1NC(=Nc2ccc3ccccc3c2)SC1=Cc1ccccc1Cl. The second kappa shape index (κ2) is 6.75. The van der Waals surface area contributed by atoms with Crippen LogP contribution in [0.3, 0.4) is 0 Å². The number of halogens is 1. The Balaban J connectivity index is 1.62. The number of hydrogen-bond acceptors (Lipinski definition) is 3. The van der Waals surface area contributed by atoms with Crippen molar-refractivity contribution >= 4 is 57.0 Å². The number of hydrogen-bond donors (Lipinski definition) is 1. The molecule has 0 saturated carbocycles. The Morgan fingerprint density at radius 1 is 0.960 bits per heavy atom. The summed E-state index contributed by atoms with van der Waals surface area (Å²) in [4.78, 5) is 17.3. The maximum absolute atomic E-state index is 12.2. The summed E-state index contributed by atoms with van der Waals surface area (Å²) in [5, 5.41) is 6.26. The van der Waals surface area contributed by atoms with E-state index in [-0.39, 0.29) is 5.91 Å². The minimum atomic E-state index is -0.163. The van der Waals surface area contributed by atoms with E-state index >= 15 is 0 Å². The van der Waals surface area contributed by atoms with Crippen molar-refractivity contribution in [2.75, 3.05) is 0 Å². The molecule has 122 valence electrons. The van der Waals surface area contributed by atoms with Crippen LogP contribution in [0.1, 0.15) is 5.56 Å². The Labute approximate surface area is 154 Å². The average molecular weight is 365 g/mol. The molecule has 0 atom stereocenters. The number of aliphatic imine (C=N–C) groups is 1. The molecule has 1 N–H and O–H groups in total. The van der Waals surface area contributed by atoms with Crippen LogP contribution >= 0.6 is 23.4 Å². The second-order valence-electron chi connectivity index (χ2n) is 5.53. The Bertz CT molecular complexity index is 1040. The van der Waals surface area contributed by atoms with Gasteiger partial charge in [0.25, 0.3) is 5.91 Å². The lowest BCUT2D eigenvalue weighted by molar-refractivity contribution is -0.115. The van der Waals surface area contributed by atoms with Crippen molar-refractivity contribution in [1.29, 1.82) is 0 Å². The lowest BCUT2D eigenvalue weighted by Crippen LogP contribution is -2.19. The summed E-state index contributed by atoms with van der Waals surface area (Å²) < 4.78 is 0. The summed E-state index contributed by atoms with van der Waals surface area (Å²) in [6, 6.07) is 21.5. The van der Waals surface area contributed by atoms with E-state index < -0.39 is 0 Å². The summed E-state index contributed by atoms with van der Waals surface area (Å²) in [6.07, 6.45) is 1.78. The molecule has 0 aliphatic carbocycles. The molecule has 5 heteroatoms. The van der Waals surface area contributed by atoms with Crippen molar-refractivity contribution in [3.63, 3.8) is 0 Å². The van der Waals surface area contributed by atoms with Crippen molar-refractivity contribution in [2.24, 2.45) is 4.99 Å². The zero-order valence-electron chi connectivity index (χ0n) is 13.1. The summed E-state index contributed by atoms with van der Waals surface area (Å²) in [5.41, 5.74) is 1.62. The lowest BCUT2D eigenvalue weighted by Gasteiger charge is -2.00. The van der Waals surface area contributed by atoms with Crippen LogP contribution in [0.5, 0.6) is 0 Å². The van der Waals surface area contributed by atoms with E-state index in [0.29, 0.717) is 15.1 Å². The van der Waals surface area contributed by atoms with Gasteiger partial charge in [-0.25, -0.2) is 4.99 Å². The number of fused-ring (bicyclic) bond motifs is 1. The number of thioether (sulfide) groups is 1. The third-order valence-electron chi connectivity index (χ3n) is 3.81. The van der Waals surface area contributed by atoms with Gasteiger partial charge in [0.05, 0.1) is 10.6 Å². The van der Waals surface area contributed by atoms with Crippen LogP contribution in [-0.2, 0) is 4.79 Å². The first-order chi connectivity index (χ1) is 12.2. The lowest BCUT2D eigenvalue weighted by atomic mass is 10.1. The maximum Gasteiger partial charge on any atom is 0.264 e. The zero-order valence-corrected chi connectivity index (χ0v) is 14.6. The predicted octanol–water partition coefficient (Wildman–Crippen LogP) is 5.38. The van der Waals surface area contributed by atoms with Gasteiger partial charge in [-0.15, -0.1) is 0 Å². The zero-order chi connectivity index (χ0) is 17.2. The third-order valence-corrected chi connectivity index (χ3v) is 5.06. The van der Waals surface area contributed by atoms with E-state index in [2.05, 4.69) is 16.4 Å². The molecule has 1 saturated heterocycles. The van der Waals surface area contributed by atoms with E-state index in [1.54, 1.807) is 12.1 Å². The largest absolute Gasteiger partial charge is 0.300 e. The molecule has 0 radical (unpaired) electrons. The Hall–Kier alpha value is -2.56. The Morgan fingerprint density at radius 3 is 2.56 bits per heavy atom. The van der Waals surface area contributed by atoms with E-state index in [9.17, 15) is 4.79 Å². The minimum Gasteiger partial charge on any atom is -0.300 e. The molecular formula is C20H13ClN2OS. The number of rotatable bonds is 2. The Kier molecular flexibility index (Phi) is 4.30. The highest BCUT2D eigenvalue weighted by molar-refractivity contribution is 8.18. The van der Waals surface area contributed by atoms with Crippen molar-refractivity contribution in [2.45, 2.75) is 0 Å². The molecular weight excluding hydrogens is 352 g/mol. The van der Waals surface area contributed by atoms with E-state index in [1.807, 2.05) is 54.6 Å². The number of nitrogens with one attached hydrogen (secondary N) is 1. The molecule has 0 spiro atoms. The standard InChI is InChI=1S/C20H13ClN2OS/c21-17-8-4-3-7-15(17)12-18-19(24)23-20(25-18)22-16-10-9-13-5-1-2-6-14(13)11-16/h1-12H,(H,22,23,24). The molecule has 3 nitrogen and oxygen atoms in total. The van der Waals surface area contributed by atoms with Crippen LogP contribution in [0, 0.1) is 0 Å². The van der Waals surface area contributed by atoms with Crippen LogP contribution in [0.2, 0.25) is 5.02 Å². The van der Waals surface area contributed by atoms with Gasteiger partial charge in [-0.05, 0) is 52.4 Å². The highest BCUT2D eigenvalue weighted by atomic mass is 35.5. The summed E-state index contributed by atoms with van der Waals surface area (Å²) >= 11 is 7.47. The summed E-state index contributed by atoms with van der Waals surface area (Å²) in [7, 11) is 0. The fourth-order valence-electron chi connectivity index (χ4n) is 2.58. The quantitative estimate of drug-likeness (QED) is 0.620. The van der Waals surface area contributed by atoms with Crippen LogP contribution in [0.4, 0.5) is 5.69 Å². The predicted molar refractivity (Wildman–Crippen MR) is 106 cm³/mol. The topological polar surface area (TPSA) is 41.5 Å². The van der Waals surface area contributed by atoms with Gasteiger partial charge in [-0.3, -0.25) is 4.79 Å². The maximum atomic E-state index is 12.2. The molecule has 25 heavy (non-hydrogen) atoms. The molecule has 0 bridgehead atoms. The minimum absolute atomic E-state index is 0.163. The monoisotopic (exact) mass is 364 g/mol. The van der Waals surface area contributed by atoms with Gasteiger partial charge in [0.15, 0.2) is 5.17 Å². The fraction of sp³-hybridized carbons (Fsp3) is 0. The van der Waals surface area contributed by atoms with Gasteiger partial charge in [0.2, 0.25) is 0 Å². The van der Waals surface area contributed by atoms with Gasteiger partial charge < -0.3 is 5.32 Å². The number of carbonyl (C=O) groups excluding carboxylic acids is 1. The average Bonchev–Trinajstić information content (AvgIpc) is 2.96. The smallest absolute Gasteiger partial charge is 0.264 e. The first-order valence-electron chi connectivity index (χ1n) is 7.72. The van der Waals surface area contributed by atoms with Gasteiger partial charge in [-0.1, -0.05) is 60.1 Å². The van der Waals surface area contributed by atoms with E-state index in [1.165, 1.54) is 11.8 Å². The van der Waals surface area contributed by atoms with Crippen molar-refractivity contribution < 1.29 is 4.79 Å². The second-order valence-corrected chi connectivity index (χ2v) is 6.97. The number of benzene rings is 3. The molecule has 3 aromatic rings. The third kappa shape index (κ3) is 3.45. The summed E-state index contributed by atoms with van der Waals surface area (Å²) in [5.74, 6) is -0.163. The number of carbonyl (C=O) groups is 1. The molecule has 3 aromatic carbocycles. The van der Waals surface area contributed by atoms with Crippen molar-refractivity contribution in [3.05, 3.63) is 82.2 Å². The molecule has 0 unspecified atom stereocenters. The van der Waals surface area contributed by atoms with Crippen LogP contribution in [0.15, 0.2) is 76.6 Å². The molecule has 1 fully saturated rings. The number of amides is 1. The first-order valence-corrected chi connectivity index (χ1v) is 8.91. The number of nitrogens with zero attached hydrogens (tertiary/aromatic N) is 1. The van der Waals surface area contributed by atoms with Crippen LogP contribution in [-0.4, -0.2) is 11.1 Å². The van der Waals surface area contributed by atoms with Gasteiger partial charge in [0, 0.05) is 5.02 Å². The van der Waals surface area contributed by atoms with E-state index in [0.717, 1.165) is 22.0 Å². The molecule has 1 aliphatic rings. The Morgan fingerprint density at radius 2 is 1.72 bits per heavy atom.